The van der Waals surface area contributed by atoms with Crippen molar-refractivity contribution in [2.24, 2.45) is 0 Å². The van der Waals surface area contributed by atoms with Crippen molar-refractivity contribution in [1.82, 2.24) is 91.3 Å². The van der Waals surface area contributed by atoms with Crippen LogP contribution >= 0.6 is 0 Å². The Morgan fingerprint density at radius 2 is 0.836 bits per heavy atom. The van der Waals surface area contributed by atoms with Gasteiger partial charge in [0.15, 0.2) is 5.82 Å². The lowest BCUT2D eigenvalue weighted by Crippen LogP contribution is -1.96. The number of rotatable bonds is 6. The van der Waals surface area contributed by atoms with E-state index in [1.54, 1.807) is 43.4 Å². The Labute approximate surface area is 408 Å². The van der Waals surface area contributed by atoms with Crippen LogP contribution in [0.5, 0.6) is 0 Å². The first-order chi connectivity index (χ1) is 31.8. The van der Waals surface area contributed by atoms with Crippen molar-refractivity contribution >= 4 is 0 Å². The summed E-state index contributed by atoms with van der Waals surface area (Å²) in [5, 5.41) is 43.9. The van der Waals surface area contributed by atoms with Crippen LogP contribution in [0.15, 0.2) is 74.8 Å². The van der Waals surface area contributed by atoms with Crippen molar-refractivity contribution in [1.29, 1.82) is 0 Å². The average Bonchev–Trinajstić information content (AvgIpc) is 3.40. The van der Waals surface area contributed by atoms with Gasteiger partial charge in [0.2, 0.25) is 0 Å². The summed E-state index contributed by atoms with van der Waals surface area (Å²) in [6.07, 6.45) is 17.7. The smallest absolute Gasteiger partial charge is 0.153 e. The average molecular weight is 935 g/mol. The van der Waals surface area contributed by atoms with E-state index in [1.165, 1.54) is 25.3 Å². The standard InChI is InChI=1S/6C6H9N3.6C2H6.CH4/c1-5(2)6-8-3-7-4-9-6;1-5(2)6-3-8-9-4-7-6;1-5(2)6-3-7-4-8-9-6;1-5(2)6-3-7-9-8-4-6;1-5(2)6-7-3-4-8-9-6;1-5(2)6-3-4-7-9-8-6;6*1-2;/h6*3-5H,1-2H3;6*1-2H3;1H4. The fourth-order valence-electron chi connectivity index (χ4n) is 3.24. The lowest BCUT2D eigenvalue weighted by molar-refractivity contribution is 0.735. The molecule has 18 heteroatoms. The largest absolute Gasteiger partial charge is 0.241 e. The van der Waals surface area contributed by atoms with Crippen LogP contribution in [0.1, 0.15) is 243 Å². The zero-order valence-corrected chi connectivity index (χ0v) is 45.4. The van der Waals surface area contributed by atoms with Gasteiger partial charge in [0.05, 0.1) is 54.3 Å². The Morgan fingerprint density at radius 3 is 1.10 bits per heavy atom. The predicted molar refractivity (Wildman–Crippen MR) is 278 cm³/mol. The highest BCUT2D eigenvalue weighted by Crippen LogP contribution is 2.10. The van der Waals surface area contributed by atoms with Gasteiger partial charge in [-0.1, -0.05) is 174 Å². The van der Waals surface area contributed by atoms with Crippen molar-refractivity contribution in [3.05, 3.63) is 109 Å². The summed E-state index contributed by atoms with van der Waals surface area (Å²) < 4.78 is 0. The summed E-state index contributed by atoms with van der Waals surface area (Å²) in [4.78, 5) is 23.5. The second-order valence-electron chi connectivity index (χ2n) is 13.1. The van der Waals surface area contributed by atoms with Crippen LogP contribution in [0, 0.1) is 0 Å². The molecule has 0 radical (unpaired) electrons. The van der Waals surface area contributed by atoms with E-state index >= 15 is 0 Å². The van der Waals surface area contributed by atoms with Crippen LogP contribution in [0.2, 0.25) is 0 Å². The fraction of sp³-hybridized carbons (Fsp3) is 0.633. The van der Waals surface area contributed by atoms with E-state index in [2.05, 4.69) is 161 Å². The topological polar surface area (TPSA) is 232 Å². The minimum absolute atomic E-state index is 0. The van der Waals surface area contributed by atoms with E-state index in [1.807, 2.05) is 103 Å². The number of nitrogens with zero attached hydrogens (tertiary/aromatic N) is 18. The Balaban J connectivity index is -0.000000123. The number of hydrogen-bond acceptors (Lipinski definition) is 18. The molecule has 18 nitrogen and oxygen atoms in total. The molecule has 0 aliphatic heterocycles. The van der Waals surface area contributed by atoms with E-state index in [-0.39, 0.29) is 7.43 Å². The van der Waals surface area contributed by atoms with E-state index in [0.717, 1.165) is 34.3 Å². The molecule has 380 valence electrons. The summed E-state index contributed by atoms with van der Waals surface area (Å²) in [5.41, 5.74) is 4.05. The molecule has 0 saturated carbocycles. The molecule has 0 amide bonds. The molecule has 0 aromatic carbocycles. The van der Waals surface area contributed by atoms with Crippen LogP contribution in [0.3, 0.4) is 0 Å². The van der Waals surface area contributed by atoms with Gasteiger partial charge in [0.25, 0.3) is 0 Å². The minimum atomic E-state index is 0. The van der Waals surface area contributed by atoms with Crippen molar-refractivity contribution < 1.29 is 0 Å². The van der Waals surface area contributed by atoms with Gasteiger partial charge in [-0.25, -0.2) is 29.9 Å². The first-order valence-electron chi connectivity index (χ1n) is 23.6. The Morgan fingerprint density at radius 1 is 0.313 bits per heavy atom. The number of hydrogen-bond donors (Lipinski definition) is 0. The lowest BCUT2D eigenvalue weighted by Gasteiger charge is -1.99. The summed E-state index contributed by atoms with van der Waals surface area (Å²) >= 11 is 0. The van der Waals surface area contributed by atoms with Crippen molar-refractivity contribution in [2.45, 2.75) is 209 Å². The molecule has 6 aromatic rings. The molecule has 67 heavy (non-hydrogen) atoms. The molecule has 6 rings (SSSR count). The molecular formula is C49H94N18. The highest BCUT2D eigenvalue weighted by Gasteiger charge is 2.01. The quantitative estimate of drug-likeness (QED) is 0.151. The van der Waals surface area contributed by atoms with Crippen molar-refractivity contribution in [3.63, 3.8) is 0 Å². The third-order valence-corrected chi connectivity index (χ3v) is 6.54. The molecular weight excluding hydrogens is 841 g/mol. The molecule has 0 bridgehead atoms. The molecule has 0 atom stereocenters. The third-order valence-electron chi connectivity index (χ3n) is 6.54. The second kappa shape index (κ2) is 58.1. The van der Waals surface area contributed by atoms with E-state index < -0.39 is 0 Å². The van der Waals surface area contributed by atoms with Crippen LogP contribution < -0.4 is 0 Å². The van der Waals surface area contributed by atoms with Gasteiger partial charge >= 0.3 is 0 Å². The Hall–Kier alpha value is -5.94. The number of aromatic nitrogens is 18. The second-order valence-corrected chi connectivity index (χ2v) is 13.1. The zero-order valence-electron chi connectivity index (χ0n) is 45.4. The third kappa shape index (κ3) is 46.4. The molecule has 6 aromatic heterocycles. The van der Waals surface area contributed by atoms with Gasteiger partial charge in [0, 0.05) is 18.0 Å². The van der Waals surface area contributed by atoms with E-state index in [0.29, 0.717) is 35.5 Å². The van der Waals surface area contributed by atoms with Gasteiger partial charge in [-0.3, -0.25) is 0 Å². The van der Waals surface area contributed by atoms with Gasteiger partial charge < -0.3 is 0 Å². The maximum Gasteiger partial charge on any atom is 0.153 e. The molecule has 0 unspecified atom stereocenters. The highest BCUT2D eigenvalue weighted by atomic mass is 15.3. The molecule has 6 heterocycles. The summed E-state index contributed by atoms with van der Waals surface area (Å²) in [6.45, 7) is 48.8. The molecule has 0 aliphatic carbocycles. The van der Waals surface area contributed by atoms with Gasteiger partial charge in [0.1, 0.15) is 31.1 Å². The maximum absolute atomic E-state index is 4.00. The summed E-state index contributed by atoms with van der Waals surface area (Å²) in [5.74, 6) is 4.23. The van der Waals surface area contributed by atoms with Crippen LogP contribution in [-0.2, 0) is 0 Å². The van der Waals surface area contributed by atoms with Gasteiger partial charge in [-0.2, -0.15) is 15.3 Å². The van der Waals surface area contributed by atoms with Crippen LogP contribution in [0.4, 0.5) is 0 Å². The van der Waals surface area contributed by atoms with Crippen molar-refractivity contribution in [2.75, 3.05) is 0 Å². The van der Waals surface area contributed by atoms with E-state index in [4.69, 9.17) is 0 Å². The van der Waals surface area contributed by atoms with Gasteiger partial charge in [-0.15, -0.1) is 35.7 Å². The van der Waals surface area contributed by atoms with Gasteiger partial charge in [-0.05, 0) is 45.7 Å². The Bertz CT molecular complexity index is 1370. The van der Waals surface area contributed by atoms with Crippen LogP contribution in [-0.4, -0.2) is 91.3 Å². The molecule has 0 fully saturated rings. The molecule has 0 spiro atoms. The summed E-state index contributed by atoms with van der Waals surface area (Å²) in [6, 6.07) is 1.87. The SMILES string of the molecule is C.CC.CC.CC.CC.CC.CC.CC(C)c1ccnnn1.CC(C)c1cncnn1.CC(C)c1cnncn1.CC(C)c1cnnnc1.CC(C)c1nccnn1.CC(C)c1ncncn1. The predicted octanol–water partition coefficient (Wildman–Crippen LogP) is 12.8. The van der Waals surface area contributed by atoms with Crippen molar-refractivity contribution in [3.8, 4) is 0 Å². The zero-order chi connectivity index (χ0) is 52.1. The lowest BCUT2D eigenvalue weighted by atomic mass is 10.1. The normalized spacial score (nSPS) is 8.69. The summed E-state index contributed by atoms with van der Waals surface area (Å²) in [7, 11) is 0. The molecule has 0 saturated heterocycles. The first kappa shape index (κ1) is 75.4. The first-order valence-corrected chi connectivity index (χ1v) is 23.6. The minimum Gasteiger partial charge on any atom is -0.241 e. The van der Waals surface area contributed by atoms with Crippen LogP contribution in [0.25, 0.3) is 0 Å². The molecule has 0 aliphatic rings. The Kier molecular flexibility index (Phi) is 65.3. The fourth-order valence-corrected chi connectivity index (χ4v) is 3.24. The highest BCUT2D eigenvalue weighted by molar-refractivity contribution is 5.05. The molecule has 0 N–H and O–H groups in total. The monoisotopic (exact) mass is 935 g/mol. The maximum atomic E-state index is 4.00. The van der Waals surface area contributed by atoms with E-state index in [9.17, 15) is 0 Å².